The van der Waals surface area contributed by atoms with E-state index in [4.69, 9.17) is 4.52 Å². The number of aryl methyl sites for hydroxylation is 3. The molecule has 0 saturated heterocycles. The molecule has 3 aromatic heterocycles. The van der Waals surface area contributed by atoms with Crippen molar-refractivity contribution >= 4 is 21.4 Å². The van der Waals surface area contributed by atoms with E-state index in [1.54, 1.807) is 21.3 Å². The largest absolute Gasteiger partial charge is 0.361 e. The van der Waals surface area contributed by atoms with Crippen LogP contribution in [0.4, 0.5) is 0 Å². The van der Waals surface area contributed by atoms with Gasteiger partial charge in [-0.1, -0.05) is 5.16 Å². The lowest BCUT2D eigenvalue weighted by molar-refractivity contribution is 0.393. The van der Waals surface area contributed by atoms with Crippen LogP contribution >= 0.6 is 11.3 Å². The molecule has 0 atom stereocenters. The molecule has 0 unspecified atom stereocenters. The van der Waals surface area contributed by atoms with Crippen molar-refractivity contribution in [3.05, 3.63) is 41.5 Å². The van der Waals surface area contributed by atoms with Crippen molar-refractivity contribution in [3.63, 3.8) is 0 Å². The van der Waals surface area contributed by atoms with E-state index < -0.39 is 10.0 Å². The third kappa shape index (κ3) is 3.10. The highest BCUT2D eigenvalue weighted by atomic mass is 32.2. The third-order valence-electron chi connectivity index (χ3n) is 4.47. The molecule has 4 rings (SSSR count). The predicted octanol–water partition coefficient (Wildman–Crippen LogP) is 3.11. The van der Waals surface area contributed by atoms with Gasteiger partial charge in [0, 0.05) is 36.3 Å². The topological polar surface area (TPSA) is 81.2 Å². The number of rotatable bonds is 6. The number of aromatic nitrogens is 3. The van der Waals surface area contributed by atoms with Crippen LogP contribution in [0.25, 0.3) is 10.4 Å². The summed E-state index contributed by atoms with van der Waals surface area (Å²) in [5, 5.41) is 8.10. The molecule has 3 heterocycles. The van der Waals surface area contributed by atoms with Gasteiger partial charge in [0.05, 0.1) is 17.5 Å². The summed E-state index contributed by atoms with van der Waals surface area (Å²) >= 11 is 1.26. The zero-order valence-electron chi connectivity index (χ0n) is 14.8. The van der Waals surface area contributed by atoms with Gasteiger partial charge in [-0.3, -0.25) is 4.68 Å². The molecule has 0 bridgehead atoms. The molecule has 0 aromatic carbocycles. The SMILES string of the molecule is Cc1noc(C)c1-c1ccc(S(=O)(=O)N(Cc2cnn(C)c2)C2CC2)s1. The van der Waals surface area contributed by atoms with Crippen LogP contribution in [0, 0.1) is 13.8 Å². The first-order valence-electron chi connectivity index (χ1n) is 8.38. The Kier molecular flexibility index (Phi) is 4.25. The van der Waals surface area contributed by atoms with Gasteiger partial charge in [-0.25, -0.2) is 8.42 Å². The molecule has 0 aliphatic heterocycles. The van der Waals surface area contributed by atoms with E-state index in [9.17, 15) is 8.42 Å². The summed E-state index contributed by atoms with van der Waals surface area (Å²) in [4.78, 5) is 0.858. The van der Waals surface area contributed by atoms with Gasteiger partial charge in [-0.15, -0.1) is 11.3 Å². The minimum Gasteiger partial charge on any atom is -0.361 e. The fraction of sp³-hybridized carbons (Fsp3) is 0.412. The standard InChI is InChI=1S/C17H20N4O3S2/c1-11-17(12(2)24-19-11)15-6-7-16(25-15)26(22,23)21(14-4-5-14)10-13-8-18-20(3)9-13/h6-9,14H,4-5,10H2,1-3H3. The fourth-order valence-electron chi connectivity index (χ4n) is 3.05. The van der Waals surface area contributed by atoms with Crippen molar-refractivity contribution < 1.29 is 12.9 Å². The summed E-state index contributed by atoms with van der Waals surface area (Å²) in [6.45, 7) is 4.04. The lowest BCUT2D eigenvalue weighted by atomic mass is 10.2. The molecule has 9 heteroatoms. The van der Waals surface area contributed by atoms with Gasteiger partial charge < -0.3 is 4.52 Å². The predicted molar refractivity (Wildman–Crippen MR) is 98.2 cm³/mol. The van der Waals surface area contributed by atoms with E-state index in [0.717, 1.165) is 34.5 Å². The lowest BCUT2D eigenvalue weighted by Crippen LogP contribution is -2.32. The van der Waals surface area contributed by atoms with Gasteiger partial charge in [-0.2, -0.15) is 9.40 Å². The van der Waals surface area contributed by atoms with Crippen LogP contribution in [0.3, 0.4) is 0 Å². The van der Waals surface area contributed by atoms with Crippen molar-refractivity contribution in [3.8, 4) is 10.4 Å². The van der Waals surface area contributed by atoms with Crippen LogP contribution in [0.2, 0.25) is 0 Å². The Morgan fingerprint density at radius 2 is 2.12 bits per heavy atom. The maximum atomic E-state index is 13.2. The minimum absolute atomic E-state index is 0.0739. The Morgan fingerprint density at radius 3 is 2.69 bits per heavy atom. The second kappa shape index (κ2) is 6.33. The molecular formula is C17H20N4O3S2. The third-order valence-corrected chi connectivity index (χ3v) is 7.94. The molecule has 1 fully saturated rings. The summed E-state index contributed by atoms with van der Waals surface area (Å²) in [6, 6.07) is 3.59. The van der Waals surface area contributed by atoms with Gasteiger partial charge in [0.25, 0.3) is 10.0 Å². The summed E-state index contributed by atoms with van der Waals surface area (Å²) < 4.78 is 35.3. The summed E-state index contributed by atoms with van der Waals surface area (Å²) in [5.41, 5.74) is 2.54. The van der Waals surface area contributed by atoms with Gasteiger partial charge in [0.2, 0.25) is 0 Å². The van der Waals surface area contributed by atoms with E-state index in [-0.39, 0.29) is 6.04 Å². The lowest BCUT2D eigenvalue weighted by Gasteiger charge is -2.20. The van der Waals surface area contributed by atoms with Gasteiger partial charge in [-0.05, 0) is 38.8 Å². The van der Waals surface area contributed by atoms with Crippen molar-refractivity contribution in [1.29, 1.82) is 0 Å². The maximum Gasteiger partial charge on any atom is 0.253 e. The number of nitrogens with zero attached hydrogens (tertiary/aromatic N) is 4. The molecule has 0 amide bonds. The molecule has 0 radical (unpaired) electrons. The number of hydrogen-bond acceptors (Lipinski definition) is 6. The van der Waals surface area contributed by atoms with Crippen molar-refractivity contribution in [2.24, 2.45) is 7.05 Å². The van der Waals surface area contributed by atoms with Crippen LogP contribution in [0.5, 0.6) is 0 Å². The van der Waals surface area contributed by atoms with E-state index in [2.05, 4.69) is 10.3 Å². The Labute approximate surface area is 156 Å². The summed E-state index contributed by atoms with van der Waals surface area (Å²) in [6.07, 6.45) is 5.38. The van der Waals surface area contributed by atoms with E-state index in [1.807, 2.05) is 33.2 Å². The first-order chi connectivity index (χ1) is 12.4. The van der Waals surface area contributed by atoms with Crippen molar-refractivity contribution in [2.75, 3.05) is 0 Å². The summed E-state index contributed by atoms with van der Waals surface area (Å²) in [5.74, 6) is 0.697. The molecule has 7 nitrogen and oxygen atoms in total. The zero-order chi connectivity index (χ0) is 18.5. The number of thiophene rings is 1. The highest BCUT2D eigenvalue weighted by molar-refractivity contribution is 7.91. The smallest absolute Gasteiger partial charge is 0.253 e. The van der Waals surface area contributed by atoms with Gasteiger partial charge >= 0.3 is 0 Å². The van der Waals surface area contributed by atoms with Crippen LogP contribution in [0.1, 0.15) is 29.9 Å². The molecule has 1 saturated carbocycles. The molecule has 138 valence electrons. The average molecular weight is 393 g/mol. The Balaban J connectivity index is 1.67. The molecule has 26 heavy (non-hydrogen) atoms. The monoisotopic (exact) mass is 392 g/mol. The van der Waals surface area contributed by atoms with Gasteiger partial charge in [0.15, 0.2) is 0 Å². The normalized spacial score (nSPS) is 15.1. The van der Waals surface area contributed by atoms with Gasteiger partial charge in [0.1, 0.15) is 9.97 Å². The van der Waals surface area contributed by atoms with Crippen molar-refractivity contribution in [2.45, 2.75) is 43.5 Å². The van der Waals surface area contributed by atoms with Crippen LogP contribution in [0.15, 0.2) is 33.3 Å². The molecule has 0 N–H and O–H groups in total. The molecule has 1 aliphatic rings. The summed E-state index contributed by atoms with van der Waals surface area (Å²) in [7, 11) is -1.73. The first-order valence-corrected chi connectivity index (χ1v) is 10.6. The van der Waals surface area contributed by atoms with E-state index in [1.165, 1.54) is 11.3 Å². The molecular weight excluding hydrogens is 372 g/mol. The Hall–Kier alpha value is -1.97. The number of hydrogen-bond donors (Lipinski definition) is 0. The molecule has 0 spiro atoms. The average Bonchev–Trinajstić information content (AvgIpc) is 2.98. The van der Waals surface area contributed by atoms with Crippen LogP contribution in [-0.2, 0) is 23.6 Å². The van der Waals surface area contributed by atoms with Crippen molar-refractivity contribution in [1.82, 2.24) is 19.2 Å². The van der Waals surface area contributed by atoms with E-state index >= 15 is 0 Å². The van der Waals surface area contributed by atoms with Crippen LogP contribution < -0.4 is 0 Å². The zero-order valence-corrected chi connectivity index (χ0v) is 16.5. The first kappa shape index (κ1) is 17.4. The molecule has 1 aliphatic carbocycles. The Morgan fingerprint density at radius 1 is 1.35 bits per heavy atom. The van der Waals surface area contributed by atoms with Crippen LogP contribution in [-0.4, -0.2) is 33.7 Å². The second-order valence-corrected chi connectivity index (χ2v) is 9.82. The highest BCUT2D eigenvalue weighted by Crippen LogP contribution is 2.39. The molecule has 3 aromatic rings. The van der Waals surface area contributed by atoms with E-state index in [0.29, 0.717) is 16.5 Å². The highest BCUT2D eigenvalue weighted by Gasteiger charge is 2.39. The minimum atomic E-state index is -3.56. The Bertz CT molecular complexity index is 1020. The quantitative estimate of drug-likeness (QED) is 0.644. The number of sulfonamides is 1. The fourth-order valence-corrected chi connectivity index (χ4v) is 6.30. The second-order valence-electron chi connectivity index (χ2n) is 6.62. The maximum absolute atomic E-state index is 13.2.